The van der Waals surface area contributed by atoms with Gasteiger partial charge < -0.3 is 15.7 Å². The quantitative estimate of drug-likeness (QED) is 0.688. The zero-order valence-corrected chi connectivity index (χ0v) is 12.9. The molecule has 0 aromatic rings. The molecule has 0 bridgehead atoms. The number of carbonyl (C=O) groups is 1. The highest BCUT2D eigenvalue weighted by Crippen LogP contribution is 2.31. The van der Waals surface area contributed by atoms with E-state index < -0.39 is 6.10 Å². The van der Waals surface area contributed by atoms with E-state index in [4.69, 9.17) is 0 Å². The van der Waals surface area contributed by atoms with Crippen molar-refractivity contribution in [2.24, 2.45) is 10.8 Å². The van der Waals surface area contributed by atoms with Crippen LogP contribution < -0.4 is 10.6 Å². The van der Waals surface area contributed by atoms with E-state index in [2.05, 4.69) is 38.3 Å². The Hall–Kier alpha value is -0.610. The van der Waals surface area contributed by atoms with Crippen molar-refractivity contribution in [2.75, 3.05) is 19.6 Å². The van der Waals surface area contributed by atoms with Crippen LogP contribution >= 0.6 is 0 Å². The maximum Gasteiger partial charge on any atom is 0.227 e. The molecule has 0 aromatic carbocycles. The van der Waals surface area contributed by atoms with Crippen LogP contribution in [0.1, 0.15) is 53.4 Å². The van der Waals surface area contributed by atoms with Crippen LogP contribution in [0.2, 0.25) is 0 Å². The van der Waals surface area contributed by atoms with Crippen molar-refractivity contribution < 1.29 is 9.90 Å². The fraction of sp³-hybridized carbons (Fsp3) is 0.933. The summed E-state index contributed by atoms with van der Waals surface area (Å²) in [6.07, 6.45) is 3.08. The lowest BCUT2D eigenvalue weighted by Gasteiger charge is -2.28. The van der Waals surface area contributed by atoms with Gasteiger partial charge in [0, 0.05) is 13.1 Å². The van der Waals surface area contributed by atoms with E-state index >= 15 is 0 Å². The Bertz CT molecular complexity index is 291. The van der Waals surface area contributed by atoms with Gasteiger partial charge in [-0.3, -0.25) is 4.79 Å². The summed E-state index contributed by atoms with van der Waals surface area (Å²) >= 11 is 0. The van der Waals surface area contributed by atoms with Gasteiger partial charge in [-0.2, -0.15) is 0 Å². The van der Waals surface area contributed by atoms with Crippen molar-refractivity contribution in [1.82, 2.24) is 10.6 Å². The molecule has 1 heterocycles. The molecule has 1 rings (SSSR count). The molecule has 0 aromatic heterocycles. The lowest BCUT2D eigenvalue weighted by molar-refractivity contribution is -0.131. The Balaban J connectivity index is 2.45. The second-order valence-electron chi connectivity index (χ2n) is 7.09. The topological polar surface area (TPSA) is 61.4 Å². The highest BCUT2D eigenvalue weighted by atomic mass is 16.3. The third-order valence-corrected chi connectivity index (χ3v) is 3.80. The van der Waals surface area contributed by atoms with E-state index in [-0.39, 0.29) is 16.7 Å². The van der Waals surface area contributed by atoms with Crippen molar-refractivity contribution in [3.05, 3.63) is 0 Å². The smallest absolute Gasteiger partial charge is 0.227 e. The number of aliphatic hydroxyl groups excluding tert-OH is 1. The average Bonchev–Trinajstić information content (AvgIpc) is 2.74. The fourth-order valence-corrected chi connectivity index (χ4v) is 2.92. The first-order valence-electron chi connectivity index (χ1n) is 7.46. The minimum absolute atomic E-state index is 0.0835. The summed E-state index contributed by atoms with van der Waals surface area (Å²) in [5.41, 5.74) is -0.170. The van der Waals surface area contributed by atoms with Crippen LogP contribution in [0, 0.1) is 10.8 Å². The Morgan fingerprint density at radius 1 is 1.47 bits per heavy atom. The van der Waals surface area contributed by atoms with Gasteiger partial charge in [-0.15, -0.1) is 0 Å². The molecule has 1 aliphatic heterocycles. The van der Waals surface area contributed by atoms with Gasteiger partial charge in [-0.25, -0.2) is 0 Å². The summed E-state index contributed by atoms with van der Waals surface area (Å²) in [6, 6.07) is 0. The molecular weight excluding hydrogens is 240 g/mol. The summed E-state index contributed by atoms with van der Waals surface area (Å²) in [7, 11) is 0. The van der Waals surface area contributed by atoms with Gasteiger partial charge in [0.15, 0.2) is 0 Å². The van der Waals surface area contributed by atoms with E-state index in [9.17, 15) is 9.90 Å². The molecule has 112 valence electrons. The zero-order chi connectivity index (χ0) is 14.5. The molecule has 0 spiro atoms. The first kappa shape index (κ1) is 16.4. The third-order valence-electron chi connectivity index (χ3n) is 3.80. The Morgan fingerprint density at radius 2 is 2.16 bits per heavy atom. The van der Waals surface area contributed by atoms with E-state index in [0.717, 1.165) is 32.4 Å². The lowest BCUT2D eigenvalue weighted by Crippen LogP contribution is -2.45. The number of carbonyl (C=O) groups excluding carboxylic acids is 1. The SMILES string of the molecule is CCCC1(C(=O)NCC(O)CC(C)(C)C)CCNC1. The number of rotatable bonds is 6. The highest BCUT2D eigenvalue weighted by molar-refractivity contribution is 5.83. The Kier molecular flexibility index (Phi) is 5.81. The van der Waals surface area contributed by atoms with Gasteiger partial charge in [0.2, 0.25) is 5.91 Å². The number of nitrogens with one attached hydrogen (secondary N) is 2. The van der Waals surface area contributed by atoms with E-state index in [1.54, 1.807) is 0 Å². The Labute approximate surface area is 117 Å². The molecule has 2 atom stereocenters. The highest BCUT2D eigenvalue weighted by Gasteiger charge is 2.40. The fourth-order valence-electron chi connectivity index (χ4n) is 2.92. The second-order valence-corrected chi connectivity index (χ2v) is 7.09. The van der Waals surface area contributed by atoms with Gasteiger partial charge in [-0.1, -0.05) is 34.1 Å². The molecule has 19 heavy (non-hydrogen) atoms. The van der Waals surface area contributed by atoms with E-state index in [0.29, 0.717) is 13.0 Å². The summed E-state index contributed by atoms with van der Waals surface area (Å²) in [4.78, 5) is 12.4. The van der Waals surface area contributed by atoms with E-state index in [1.165, 1.54) is 0 Å². The Morgan fingerprint density at radius 3 is 2.63 bits per heavy atom. The van der Waals surface area contributed by atoms with Crippen LogP contribution in [0.25, 0.3) is 0 Å². The van der Waals surface area contributed by atoms with Crippen LogP contribution in [-0.4, -0.2) is 36.8 Å². The molecule has 4 nitrogen and oxygen atoms in total. The van der Waals surface area contributed by atoms with Crippen LogP contribution in [0.4, 0.5) is 0 Å². The number of aliphatic hydroxyl groups is 1. The molecule has 0 saturated carbocycles. The summed E-state index contributed by atoms with van der Waals surface area (Å²) in [5, 5.41) is 16.2. The monoisotopic (exact) mass is 270 g/mol. The molecule has 1 saturated heterocycles. The molecule has 4 heteroatoms. The number of hydrogen-bond donors (Lipinski definition) is 3. The van der Waals surface area contributed by atoms with Crippen molar-refractivity contribution in [2.45, 2.75) is 59.5 Å². The average molecular weight is 270 g/mol. The predicted molar refractivity (Wildman–Crippen MR) is 77.9 cm³/mol. The van der Waals surface area contributed by atoms with Gasteiger partial charge in [-0.05, 0) is 31.2 Å². The molecular formula is C15H30N2O2. The van der Waals surface area contributed by atoms with Crippen molar-refractivity contribution in [3.63, 3.8) is 0 Å². The van der Waals surface area contributed by atoms with Crippen LogP contribution in [0.3, 0.4) is 0 Å². The number of hydrogen-bond acceptors (Lipinski definition) is 3. The first-order valence-corrected chi connectivity index (χ1v) is 7.46. The maximum atomic E-state index is 12.4. The normalized spacial score (nSPS) is 25.3. The standard InChI is InChI=1S/C15H30N2O2/c1-5-6-15(7-8-16-11-15)13(19)17-10-12(18)9-14(2,3)4/h12,16,18H,5-11H2,1-4H3,(H,17,19). The minimum atomic E-state index is -0.461. The maximum absolute atomic E-state index is 12.4. The van der Waals surface area contributed by atoms with Crippen LogP contribution in [-0.2, 0) is 4.79 Å². The summed E-state index contributed by atoms with van der Waals surface area (Å²) in [6.45, 7) is 10.4. The molecule has 0 aliphatic carbocycles. The molecule has 3 N–H and O–H groups in total. The van der Waals surface area contributed by atoms with Crippen LogP contribution in [0.15, 0.2) is 0 Å². The second kappa shape index (κ2) is 6.71. The predicted octanol–water partition coefficient (Wildman–Crippen LogP) is 1.68. The lowest BCUT2D eigenvalue weighted by atomic mass is 9.81. The molecule has 2 unspecified atom stereocenters. The van der Waals surface area contributed by atoms with Gasteiger partial charge in [0.1, 0.15) is 0 Å². The molecule has 1 fully saturated rings. The molecule has 1 aliphatic rings. The van der Waals surface area contributed by atoms with E-state index in [1.807, 2.05) is 0 Å². The van der Waals surface area contributed by atoms with Gasteiger partial charge in [0.25, 0.3) is 0 Å². The van der Waals surface area contributed by atoms with Crippen molar-refractivity contribution >= 4 is 5.91 Å². The van der Waals surface area contributed by atoms with Crippen molar-refractivity contribution in [1.29, 1.82) is 0 Å². The third kappa shape index (κ3) is 5.11. The molecule has 1 amide bonds. The summed E-state index contributed by atoms with van der Waals surface area (Å²) < 4.78 is 0. The van der Waals surface area contributed by atoms with Gasteiger partial charge in [0.05, 0.1) is 11.5 Å². The zero-order valence-electron chi connectivity index (χ0n) is 12.9. The number of amides is 1. The first-order chi connectivity index (χ1) is 8.79. The van der Waals surface area contributed by atoms with Gasteiger partial charge >= 0.3 is 0 Å². The van der Waals surface area contributed by atoms with Crippen molar-refractivity contribution in [3.8, 4) is 0 Å². The minimum Gasteiger partial charge on any atom is -0.391 e. The molecule has 0 radical (unpaired) electrons. The largest absolute Gasteiger partial charge is 0.391 e. The summed E-state index contributed by atoms with van der Waals surface area (Å²) in [5.74, 6) is 0.104. The van der Waals surface area contributed by atoms with Crippen LogP contribution in [0.5, 0.6) is 0 Å².